The topological polar surface area (TPSA) is 110 Å². The van der Waals surface area contributed by atoms with E-state index < -0.39 is 0 Å². The number of aromatic nitrogens is 4. The molecule has 3 aromatic rings. The lowest BCUT2D eigenvalue weighted by Crippen LogP contribution is -2.18. The number of hydrogen-bond acceptors (Lipinski definition) is 8. The van der Waals surface area contributed by atoms with Crippen LogP contribution in [0.25, 0.3) is 11.2 Å². The molecule has 9 nitrogen and oxygen atoms in total. The Morgan fingerprint density at radius 2 is 2.23 bits per heavy atom. The zero-order valence-corrected chi connectivity index (χ0v) is 14.4. The first kappa shape index (κ1) is 16.8. The van der Waals surface area contributed by atoms with Crippen LogP contribution in [0.5, 0.6) is 0 Å². The summed E-state index contributed by atoms with van der Waals surface area (Å²) in [5.41, 5.74) is 1.38. The summed E-state index contributed by atoms with van der Waals surface area (Å²) in [7, 11) is 0. The third-order valence-corrected chi connectivity index (χ3v) is 4.29. The number of anilines is 2. The molecule has 138 valence electrons. The molecule has 1 aliphatic rings. The van der Waals surface area contributed by atoms with Crippen molar-refractivity contribution in [1.82, 2.24) is 19.5 Å². The van der Waals surface area contributed by atoms with Crippen molar-refractivity contribution in [3.8, 4) is 0 Å². The molecule has 4 heterocycles. The maximum atomic E-state index is 9.07. The van der Waals surface area contributed by atoms with Crippen LogP contribution in [0, 0.1) is 0 Å². The lowest BCUT2D eigenvalue weighted by atomic mass is 10.2. The summed E-state index contributed by atoms with van der Waals surface area (Å²) in [5, 5.41) is 15.4. The standard InChI is InChI=1S/C17H22N6O3/c24-7-6-18-17-21-15(19-10-12-4-3-9-25-12)14-16(22-17)23(11-20-14)13-5-1-2-8-26-13/h3-4,9,11,13,24H,1-2,5-8,10H2,(H2,18,19,21,22). The van der Waals surface area contributed by atoms with Gasteiger partial charge in [-0.3, -0.25) is 4.57 Å². The van der Waals surface area contributed by atoms with E-state index in [1.807, 2.05) is 16.7 Å². The molecule has 1 fully saturated rings. The van der Waals surface area contributed by atoms with E-state index in [0.29, 0.717) is 36.0 Å². The smallest absolute Gasteiger partial charge is 0.226 e. The summed E-state index contributed by atoms with van der Waals surface area (Å²) >= 11 is 0. The van der Waals surface area contributed by atoms with Crippen molar-refractivity contribution in [2.75, 3.05) is 30.4 Å². The third-order valence-electron chi connectivity index (χ3n) is 4.29. The first-order valence-corrected chi connectivity index (χ1v) is 8.82. The molecule has 3 aromatic heterocycles. The molecule has 4 rings (SSSR count). The van der Waals surface area contributed by atoms with Gasteiger partial charge >= 0.3 is 0 Å². The van der Waals surface area contributed by atoms with Crippen LogP contribution in [0.1, 0.15) is 31.3 Å². The van der Waals surface area contributed by atoms with Crippen LogP contribution in [0.3, 0.4) is 0 Å². The molecule has 0 bridgehead atoms. The minimum atomic E-state index is -0.0627. The number of hydrogen-bond donors (Lipinski definition) is 3. The van der Waals surface area contributed by atoms with Gasteiger partial charge in [0.25, 0.3) is 0 Å². The second-order valence-corrected chi connectivity index (χ2v) is 6.12. The van der Waals surface area contributed by atoms with E-state index in [-0.39, 0.29) is 12.8 Å². The van der Waals surface area contributed by atoms with Crippen LogP contribution in [-0.2, 0) is 11.3 Å². The van der Waals surface area contributed by atoms with Gasteiger partial charge in [0.1, 0.15) is 12.0 Å². The van der Waals surface area contributed by atoms with E-state index in [2.05, 4.69) is 25.6 Å². The van der Waals surface area contributed by atoms with Gasteiger partial charge in [0.15, 0.2) is 17.0 Å². The minimum Gasteiger partial charge on any atom is -0.467 e. The quantitative estimate of drug-likeness (QED) is 0.589. The summed E-state index contributed by atoms with van der Waals surface area (Å²) < 4.78 is 13.2. The largest absolute Gasteiger partial charge is 0.467 e. The molecule has 3 N–H and O–H groups in total. The van der Waals surface area contributed by atoms with Gasteiger partial charge in [0.2, 0.25) is 5.95 Å². The molecule has 26 heavy (non-hydrogen) atoms. The number of nitrogens with zero attached hydrogens (tertiary/aromatic N) is 4. The number of nitrogens with one attached hydrogen (secondary N) is 2. The Balaban J connectivity index is 1.67. The third kappa shape index (κ3) is 3.49. The van der Waals surface area contributed by atoms with Gasteiger partial charge in [0, 0.05) is 13.2 Å². The highest BCUT2D eigenvalue weighted by Crippen LogP contribution is 2.28. The molecule has 0 spiro atoms. The van der Waals surface area contributed by atoms with Crippen molar-refractivity contribution < 1.29 is 14.3 Å². The summed E-state index contributed by atoms with van der Waals surface area (Å²) in [5.74, 6) is 1.85. The Kier molecular flexibility index (Phi) is 4.98. The first-order valence-electron chi connectivity index (χ1n) is 8.82. The summed E-state index contributed by atoms with van der Waals surface area (Å²) in [6.07, 6.45) is 6.46. The maximum Gasteiger partial charge on any atom is 0.226 e. The van der Waals surface area contributed by atoms with Gasteiger partial charge in [-0.2, -0.15) is 9.97 Å². The molecule has 1 saturated heterocycles. The van der Waals surface area contributed by atoms with E-state index in [4.69, 9.17) is 14.3 Å². The van der Waals surface area contributed by atoms with Gasteiger partial charge in [-0.05, 0) is 31.4 Å². The second-order valence-electron chi connectivity index (χ2n) is 6.12. The fourth-order valence-corrected chi connectivity index (χ4v) is 3.02. The van der Waals surface area contributed by atoms with Crippen LogP contribution in [0.15, 0.2) is 29.1 Å². The monoisotopic (exact) mass is 358 g/mol. The first-order chi connectivity index (χ1) is 12.8. The maximum absolute atomic E-state index is 9.07. The molecule has 0 radical (unpaired) electrons. The Morgan fingerprint density at radius 3 is 3.00 bits per heavy atom. The van der Waals surface area contributed by atoms with Crippen molar-refractivity contribution in [2.45, 2.75) is 32.0 Å². The number of fused-ring (bicyclic) bond motifs is 1. The average Bonchev–Trinajstić information content (AvgIpc) is 3.35. The summed E-state index contributed by atoms with van der Waals surface area (Å²) in [4.78, 5) is 13.6. The Bertz CT molecular complexity index is 842. The molecule has 1 atom stereocenters. The molecular formula is C17H22N6O3. The summed E-state index contributed by atoms with van der Waals surface area (Å²) in [6.45, 7) is 1.61. The molecule has 0 saturated carbocycles. The zero-order chi connectivity index (χ0) is 17.8. The number of rotatable bonds is 7. The molecule has 1 unspecified atom stereocenters. The van der Waals surface area contributed by atoms with Gasteiger partial charge in [-0.1, -0.05) is 0 Å². The van der Waals surface area contributed by atoms with Crippen molar-refractivity contribution >= 4 is 22.9 Å². The van der Waals surface area contributed by atoms with E-state index in [1.54, 1.807) is 12.6 Å². The fourth-order valence-electron chi connectivity index (χ4n) is 3.02. The lowest BCUT2D eigenvalue weighted by molar-refractivity contribution is -0.0298. The number of aliphatic hydroxyl groups is 1. The molecule has 1 aliphatic heterocycles. The normalized spacial score (nSPS) is 17.5. The Labute approximate surface area is 150 Å². The molecule has 0 aromatic carbocycles. The van der Waals surface area contributed by atoms with Crippen LogP contribution < -0.4 is 10.6 Å². The average molecular weight is 358 g/mol. The van der Waals surface area contributed by atoms with E-state index >= 15 is 0 Å². The van der Waals surface area contributed by atoms with Crippen LogP contribution in [-0.4, -0.2) is 44.4 Å². The molecular weight excluding hydrogens is 336 g/mol. The number of imidazole rings is 1. The van der Waals surface area contributed by atoms with Crippen LogP contribution >= 0.6 is 0 Å². The summed E-state index contributed by atoms with van der Waals surface area (Å²) in [6, 6.07) is 3.74. The second kappa shape index (κ2) is 7.71. The van der Waals surface area contributed by atoms with E-state index in [9.17, 15) is 0 Å². The SMILES string of the molecule is OCCNc1nc(NCc2ccco2)c2ncn(C3CCCCO3)c2n1. The Hall–Kier alpha value is -2.65. The van der Waals surface area contributed by atoms with Crippen molar-refractivity contribution in [2.24, 2.45) is 0 Å². The van der Waals surface area contributed by atoms with Gasteiger partial charge in [-0.25, -0.2) is 4.98 Å². The number of ether oxygens (including phenoxy) is 1. The van der Waals surface area contributed by atoms with Crippen molar-refractivity contribution in [3.05, 3.63) is 30.5 Å². The van der Waals surface area contributed by atoms with Gasteiger partial charge < -0.3 is 24.9 Å². The van der Waals surface area contributed by atoms with Gasteiger partial charge in [0.05, 0.1) is 25.7 Å². The van der Waals surface area contributed by atoms with Crippen LogP contribution in [0.4, 0.5) is 11.8 Å². The highest BCUT2D eigenvalue weighted by Gasteiger charge is 2.21. The van der Waals surface area contributed by atoms with Crippen molar-refractivity contribution in [3.63, 3.8) is 0 Å². The predicted octanol–water partition coefficient (Wildman–Crippen LogP) is 2.13. The van der Waals surface area contributed by atoms with E-state index in [0.717, 1.165) is 31.6 Å². The highest BCUT2D eigenvalue weighted by atomic mass is 16.5. The molecule has 0 aliphatic carbocycles. The van der Waals surface area contributed by atoms with Crippen LogP contribution in [0.2, 0.25) is 0 Å². The lowest BCUT2D eigenvalue weighted by Gasteiger charge is -2.23. The molecule has 9 heteroatoms. The van der Waals surface area contributed by atoms with E-state index in [1.165, 1.54) is 0 Å². The van der Waals surface area contributed by atoms with Crippen molar-refractivity contribution in [1.29, 1.82) is 0 Å². The number of furan rings is 1. The van der Waals surface area contributed by atoms with Gasteiger partial charge in [-0.15, -0.1) is 0 Å². The Morgan fingerprint density at radius 1 is 1.27 bits per heavy atom. The number of aliphatic hydroxyl groups excluding tert-OH is 1. The highest BCUT2D eigenvalue weighted by molar-refractivity contribution is 5.84. The molecule has 0 amide bonds. The minimum absolute atomic E-state index is 0.00154. The fraction of sp³-hybridized carbons (Fsp3) is 0.471. The zero-order valence-electron chi connectivity index (χ0n) is 14.4. The predicted molar refractivity (Wildman–Crippen MR) is 95.8 cm³/mol.